The third kappa shape index (κ3) is 39.6. The van der Waals surface area contributed by atoms with Crippen molar-refractivity contribution in [3.05, 3.63) is 0 Å². The molecule has 0 aromatic heterocycles. The number of aliphatic hydroxyl groups is 1. The summed E-state index contributed by atoms with van der Waals surface area (Å²) in [7, 11) is 0. The van der Waals surface area contributed by atoms with E-state index in [0.717, 1.165) is 116 Å². The third-order valence-electron chi connectivity index (χ3n) is 14.2. The molecule has 0 heterocycles. The zero-order valence-electron chi connectivity index (χ0n) is 44.8. The number of unbranched alkanes of at least 4 members (excludes halogenated alkanes) is 19. The van der Waals surface area contributed by atoms with Crippen LogP contribution in [0.4, 0.5) is 0 Å². The largest absolute Gasteiger partial charge is 0.465 e. The van der Waals surface area contributed by atoms with Crippen LogP contribution >= 0.6 is 0 Å². The molecule has 67 heavy (non-hydrogen) atoms. The number of rotatable bonds is 50. The van der Waals surface area contributed by atoms with E-state index in [1.807, 2.05) is 0 Å². The number of hydrogen-bond donors (Lipinski definition) is 2. The Morgan fingerprint density at radius 2 is 0.985 bits per heavy atom. The first-order valence-electron chi connectivity index (χ1n) is 29.1. The highest BCUT2D eigenvalue weighted by Gasteiger charge is 2.22. The number of nitrogens with zero attached hydrogens (tertiary/aromatic N) is 2. The van der Waals surface area contributed by atoms with Crippen LogP contribution in [0.5, 0.6) is 0 Å². The van der Waals surface area contributed by atoms with Crippen molar-refractivity contribution < 1.29 is 33.7 Å². The zero-order valence-corrected chi connectivity index (χ0v) is 44.8. The van der Waals surface area contributed by atoms with E-state index in [4.69, 9.17) is 14.2 Å². The van der Waals surface area contributed by atoms with Crippen molar-refractivity contribution in [2.45, 2.75) is 265 Å². The van der Waals surface area contributed by atoms with Gasteiger partial charge in [0.05, 0.1) is 33.0 Å². The minimum atomic E-state index is -0.130. The second-order valence-electron chi connectivity index (χ2n) is 20.4. The second-order valence-corrected chi connectivity index (χ2v) is 20.4. The predicted octanol–water partition coefficient (Wildman–Crippen LogP) is 13.5. The molecule has 0 bridgehead atoms. The molecular weight excluding hydrogens is 839 g/mol. The van der Waals surface area contributed by atoms with Crippen molar-refractivity contribution in [3.8, 4) is 0 Å². The Balaban J connectivity index is 2.71. The second kappa shape index (κ2) is 47.9. The fraction of sp³-hybridized carbons (Fsp3) is 0.947. The van der Waals surface area contributed by atoms with Crippen LogP contribution in [0.1, 0.15) is 259 Å². The van der Waals surface area contributed by atoms with Gasteiger partial charge >= 0.3 is 11.9 Å². The van der Waals surface area contributed by atoms with Gasteiger partial charge in [0.25, 0.3) is 0 Å². The summed E-state index contributed by atoms with van der Waals surface area (Å²) < 4.78 is 17.3. The number of nitrogens with one attached hydrogen (secondary N) is 1. The maximum absolute atomic E-state index is 13.0. The maximum atomic E-state index is 13.0. The molecule has 0 aromatic carbocycles. The molecule has 10 heteroatoms. The zero-order chi connectivity index (χ0) is 48.7. The lowest BCUT2D eigenvalue weighted by Gasteiger charge is -2.36. The van der Waals surface area contributed by atoms with Crippen LogP contribution in [0.3, 0.4) is 0 Å². The van der Waals surface area contributed by atoms with E-state index in [2.05, 4.69) is 42.8 Å². The maximum Gasteiger partial charge on any atom is 0.305 e. The van der Waals surface area contributed by atoms with Gasteiger partial charge in [-0.2, -0.15) is 0 Å². The average molecular weight is 951 g/mol. The normalized spacial score (nSPS) is 13.8. The van der Waals surface area contributed by atoms with Crippen LogP contribution in [-0.4, -0.2) is 111 Å². The van der Waals surface area contributed by atoms with E-state index in [9.17, 15) is 19.5 Å². The summed E-state index contributed by atoms with van der Waals surface area (Å²) in [5, 5.41) is 12.7. The number of aliphatic hydroxyl groups excluding tert-OH is 1. The summed E-state index contributed by atoms with van der Waals surface area (Å²) in [4.78, 5) is 43.6. The van der Waals surface area contributed by atoms with Crippen LogP contribution in [0.25, 0.3) is 0 Å². The molecule has 1 atom stereocenters. The topological polar surface area (TPSA) is 118 Å². The molecule has 1 fully saturated rings. The SMILES string of the molecule is CCCCCCCCC(CCCCCC)CNC(=O)CCCCCN(CCOCCO)CCN(CCCCC(COC(=O)CCCCCCC)COC(=O)CCCCCCC)C1CCCCC1. The predicted molar refractivity (Wildman–Crippen MR) is 281 cm³/mol. The fourth-order valence-electron chi connectivity index (χ4n) is 9.73. The molecular formula is C57H111N3O7. The first-order valence-corrected chi connectivity index (χ1v) is 29.1. The molecule has 0 aliphatic heterocycles. The van der Waals surface area contributed by atoms with Crippen molar-refractivity contribution in [2.24, 2.45) is 11.8 Å². The molecule has 1 saturated carbocycles. The van der Waals surface area contributed by atoms with Crippen LogP contribution in [-0.2, 0) is 28.6 Å². The molecule has 10 nitrogen and oxygen atoms in total. The lowest BCUT2D eigenvalue weighted by atomic mass is 9.93. The smallest absolute Gasteiger partial charge is 0.305 e. The summed E-state index contributed by atoms with van der Waals surface area (Å²) >= 11 is 0. The average Bonchev–Trinajstić information content (AvgIpc) is 3.34. The highest BCUT2D eigenvalue weighted by Crippen LogP contribution is 2.24. The van der Waals surface area contributed by atoms with Crippen molar-refractivity contribution in [2.75, 3.05) is 72.3 Å². The Morgan fingerprint density at radius 3 is 1.57 bits per heavy atom. The molecule has 1 unspecified atom stereocenters. The third-order valence-corrected chi connectivity index (χ3v) is 14.2. The van der Waals surface area contributed by atoms with Crippen molar-refractivity contribution in [1.29, 1.82) is 0 Å². The van der Waals surface area contributed by atoms with Gasteiger partial charge in [-0.05, 0) is 83.2 Å². The molecule has 1 aliphatic carbocycles. The first-order chi connectivity index (χ1) is 32.9. The fourth-order valence-corrected chi connectivity index (χ4v) is 9.73. The lowest BCUT2D eigenvalue weighted by Crippen LogP contribution is -2.43. The van der Waals surface area contributed by atoms with Gasteiger partial charge in [0.2, 0.25) is 5.91 Å². The Kier molecular flexibility index (Phi) is 45.2. The molecule has 0 aromatic rings. The van der Waals surface area contributed by atoms with Crippen LogP contribution in [0, 0.1) is 11.8 Å². The molecule has 2 N–H and O–H groups in total. The lowest BCUT2D eigenvalue weighted by molar-refractivity contribution is -0.149. The Bertz CT molecular complexity index is 1080. The minimum Gasteiger partial charge on any atom is -0.465 e. The quantitative estimate of drug-likeness (QED) is 0.0454. The van der Waals surface area contributed by atoms with Gasteiger partial charge in [0, 0.05) is 57.4 Å². The molecule has 1 aliphatic rings. The number of amides is 1. The van der Waals surface area contributed by atoms with E-state index >= 15 is 0 Å². The molecule has 1 rings (SSSR count). The Morgan fingerprint density at radius 1 is 0.507 bits per heavy atom. The van der Waals surface area contributed by atoms with Crippen LogP contribution in [0.2, 0.25) is 0 Å². The summed E-state index contributed by atoms with van der Waals surface area (Å²) in [6.07, 6.45) is 40.5. The first kappa shape index (κ1) is 63.3. The van der Waals surface area contributed by atoms with E-state index in [0.29, 0.717) is 57.6 Å². The van der Waals surface area contributed by atoms with Gasteiger partial charge in [-0.15, -0.1) is 0 Å². The van der Waals surface area contributed by atoms with Gasteiger partial charge < -0.3 is 24.6 Å². The minimum absolute atomic E-state index is 0.0174. The summed E-state index contributed by atoms with van der Waals surface area (Å²) in [5.41, 5.74) is 0. The van der Waals surface area contributed by atoms with Crippen LogP contribution < -0.4 is 5.32 Å². The van der Waals surface area contributed by atoms with Gasteiger partial charge in [-0.1, -0.05) is 175 Å². The van der Waals surface area contributed by atoms with Gasteiger partial charge in [0.1, 0.15) is 0 Å². The van der Waals surface area contributed by atoms with Gasteiger partial charge in [-0.3, -0.25) is 24.2 Å². The molecule has 0 spiro atoms. The number of esters is 2. The van der Waals surface area contributed by atoms with E-state index in [1.165, 1.54) is 135 Å². The summed E-state index contributed by atoms with van der Waals surface area (Å²) in [5.74, 6) is 0.581. The highest BCUT2D eigenvalue weighted by atomic mass is 16.5. The Hall–Kier alpha value is -1.75. The van der Waals surface area contributed by atoms with Gasteiger partial charge in [-0.25, -0.2) is 0 Å². The van der Waals surface area contributed by atoms with Crippen molar-refractivity contribution in [3.63, 3.8) is 0 Å². The Labute approximate surface area is 414 Å². The number of carbonyl (C=O) groups excluding carboxylic acids is 3. The van der Waals surface area contributed by atoms with E-state index in [1.54, 1.807) is 0 Å². The van der Waals surface area contributed by atoms with E-state index in [-0.39, 0.29) is 30.4 Å². The summed E-state index contributed by atoms with van der Waals surface area (Å²) in [6.45, 7) is 16.3. The molecule has 0 saturated heterocycles. The number of carbonyl (C=O) groups is 3. The number of ether oxygens (including phenoxy) is 3. The standard InChI is InChI=1S/C57H111N3O7/c1-5-9-13-17-20-24-34-52(33-23-16-12-8-4)49-58-55(62)38-27-22-31-41-59(45-47-65-48-46-61)43-44-60(54-36-25-21-26-37-54)42-32-30-35-53(50-66-56(63)39-28-18-14-10-6-2)51-67-57(64)40-29-19-15-11-7-3/h52-54,61H,5-51H2,1-4H3,(H,58,62). The van der Waals surface area contributed by atoms with Crippen LogP contribution in [0.15, 0.2) is 0 Å². The highest BCUT2D eigenvalue weighted by molar-refractivity contribution is 5.75. The van der Waals surface area contributed by atoms with Crippen molar-refractivity contribution in [1.82, 2.24) is 15.1 Å². The number of hydrogen-bond acceptors (Lipinski definition) is 9. The monoisotopic (exact) mass is 950 g/mol. The molecule has 0 radical (unpaired) electrons. The van der Waals surface area contributed by atoms with Gasteiger partial charge in [0.15, 0.2) is 0 Å². The molecule has 396 valence electrons. The summed E-state index contributed by atoms with van der Waals surface area (Å²) in [6, 6.07) is 0.605. The van der Waals surface area contributed by atoms with Crippen molar-refractivity contribution >= 4 is 17.8 Å². The van der Waals surface area contributed by atoms with E-state index < -0.39 is 0 Å². The molecule has 1 amide bonds.